The summed E-state index contributed by atoms with van der Waals surface area (Å²) in [6.07, 6.45) is 4.81. The van der Waals surface area contributed by atoms with Crippen molar-refractivity contribution < 1.29 is 0 Å². The molecule has 0 saturated heterocycles. The maximum atomic E-state index is 4.59. The van der Waals surface area contributed by atoms with Crippen molar-refractivity contribution in [1.29, 1.82) is 0 Å². The van der Waals surface area contributed by atoms with E-state index in [0.29, 0.717) is 10.7 Å². The quantitative estimate of drug-likeness (QED) is 0.790. The molecule has 4 nitrogen and oxygen atoms in total. The van der Waals surface area contributed by atoms with Crippen LogP contribution in [-0.2, 0) is 0 Å². The van der Waals surface area contributed by atoms with Crippen molar-refractivity contribution in [2.45, 2.75) is 37.9 Å². The van der Waals surface area contributed by atoms with Crippen molar-refractivity contribution in [3.8, 4) is 0 Å². The molecule has 0 aliphatic carbocycles. The molecule has 2 rings (SSSR count). The lowest BCUT2D eigenvalue weighted by atomic mass is 10.1. The van der Waals surface area contributed by atoms with Crippen molar-refractivity contribution in [1.82, 2.24) is 14.6 Å². The summed E-state index contributed by atoms with van der Waals surface area (Å²) in [5, 5.41) is 4.59. The number of hydrogen-bond donors (Lipinski definition) is 0. The minimum atomic E-state index is 0.431. The summed E-state index contributed by atoms with van der Waals surface area (Å²) >= 11 is 3.58. The average molecular weight is 325 g/mol. The van der Waals surface area contributed by atoms with Gasteiger partial charge in [-0.1, -0.05) is 36.7 Å². The van der Waals surface area contributed by atoms with Crippen molar-refractivity contribution in [2.24, 2.45) is 0 Å². The summed E-state index contributed by atoms with van der Waals surface area (Å²) < 4.78 is 1.92. The van der Waals surface area contributed by atoms with E-state index in [4.69, 9.17) is 0 Å². The first-order valence-electron chi connectivity index (χ1n) is 6.68. The van der Waals surface area contributed by atoms with Crippen LogP contribution in [0, 0.1) is 0 Å². The van der Waals surface area contributed by atoms with E-state index in [1.807, 2.05) is 16.9 Å². The molecule has 1 atom stereocenters. The zero-order valence-corrected chi connectivity index (χ0v) is 13.6. The number of rotatable bonds is 5. The maximum absolute atomic E-state index is 4.59. The van der Waals surface area contributed by atoms with Crippen LogP contribution in [0.3, 0.4) is 0 Å². The summed E-state index contributed by atoms with van der Waals surface area (Å²) in [5.74, 6) is 1.43. The van der Waals surface area contributed by atoms with E-state index >= 15 is 0 Å². The summed E-state index contributed by atoms with van der Waals surface area (Å²) in [6.45, 7) is 7.45. The molecule has 0 radical (unpaired) electrons. The molecule has 0 N–H and O–H groups in total. The molecule has 5 heteroatoms. The van der Waals surface area contributed by atoms with Crippen molar-refractivity contribution >= 4 is 27.3 Å². The third kappa shape index (κ3) is 3.26. The molecule has 0 aliphatic heterocycles. The zero-order chi connectivity index (χ0) is 14.0. The third-order valence-electron chi connectivity index (χ3n) is 3.20. The van der Waals surface area contributed by atoms with Gasteiger partial charge < -0.3 is 4.90 Å². The summed E-state index contributed by atoms with van der Waals surface area (Å²) in [7, 11) is 2.08. The van der Waals surface area contributed by atoms with E-state index < -0.39 is 0 Å². The second kappa shape index (κ2) is 5.90. The van der Waals surface area contributed by atoms with Crippen LogP contribution in [0.5, 0.6) is 0 Å². The van der Waals surface area contributed by atoms with Gasteiger partial charge in [0.2, 0.25) is 0 Å². The van der Waals surface area contributed by atoms with E-state index in [9.17, 15) is 0 Å². The molecule has 2 heterocycles. The molecule has 104 valence electrons. The van der Waals surface area contributed by atoms with Crippen LogP contribution in [0.4, 0.5) is 5.82 Å². The van der Waals surface area contributed by atoms with Crippen molar-refractivity contribution in [2.75, 3.05) is 18.5 Å². The minimum absolute atomic E-state index is 0.431. The molecule has 2 aromatic rings. The fourth-order valence-corrected chi connectivity index (χ4v) is 2.19. The van der Waals surface area contributed by atoms with Crippen LogP contribution in [0.1, 0.15) is 38.8 Å². The van der Waals surface area contributed by atoms with Crippen molar-refractivity contribution in [3.05, 3.63) is 24.2 Å². The second-order valence-electron chi connectivity index (χ2n) is 5.30. The van der Waals surface area contributed by atoms with Gasteiger partial charge >= 0.3 is 0 Å². The first-order valence-corrected chi connectivity index (χ1v) is 7.60. The van der Waals surface area contributed by atoms with E-state index in [-0.39, 0.29) is 0 Å². The highest BCUT2D eigenvalue weighted by Crippen LogP contribution is 2.22. The lowest BCUT2D eigenvalue weighted by Crippen LogP contribution is -2.22. The summed E-state index contributed by atoms with van der Waals surface area (Å²) in [4.78, 5) is 7.22. The van der Waals surface area contributed by atoms with E-state index in [2.05, 4.69) is 64.8 Å². The maximum Gasteiger partial charge on any atom is 0.154 e. The number of fused-ring (bicyclic) bond motifs is 1. The van der Waals surface area contributed by atoms with Gasteiger partial charge in [-0.05, 0) is 18.4 Å². The van der Waals surface area contributed by atoms with Gasteiger partial charge in [0.25, 0.3) is 0 Å². The Morgan fingerprint density at radius 2 is 2.11 bits per heavy atom. The van der Waals surface area contributed by atoms with Gasteiger partial charge in [-0.3, -0.25) is 0 Å². The first kappa shape index (κ1) is 14.3. The summed E-state index contributed by atoms with van der Waals surface area (Å²) in [5.41, 5.74) is 2.19. The Morgan fingerprint density at radius 3 is 2.74 bits per heavy atom. The SMILES string of the molecule is CC(Br)CCN(C)c1nccn2nc(C(C)C)cc12. The summed E-state index contributed by atoms with van der Waals surface area (Å²) in [6, 6.07) is 2.14. The molecule has 0 amide bonds. The second-order valence-corrected chi connectivity index (χ2v) is 6.86. The fraction of sp³-hybridized carbons (Fsp3) is 0.571. The van der Waals surface area contributed by atoms with E-state index in [1.54, 1.807) is 0 Å². The smallest absolute Gasteiger partial charge is 0.154 e. The van der Waals surface area contributed by atoms with Crippen LogP contribution < -0.4 is 4.90 Å². The number of nitrogens with zero attached hydrogens (tertiary/aromatic N) is 4. The molecule has 2 aromatic heterocycles. The third-order valence-corrected chi connectivity index (χ3v) is 3.66. The molecular formula is C14H21BrN4. The van der Waals surface area contributed by atoms with Gasteiger partial charge in [0.1, 0.15) is 5.52 Å². The molecule has 0 saturated carbocycles. The highest BCUT2D eigenvalue weighted by molar-refractivity contribution is 9.09. The van der Waals surface area contributed by atoms with Crippen LogP contribution in [0.2, 0.25) is 0 Å². The highest BCUT2D eigenvalue weighted by atomic mass is 79.9. The monoisotopic (exact) mass is 324 g/mol. The van der Waals surface area contributed by atoms with Crippen LogP contribution in [-0.4, -0.2) is 33.0 Å². The van der Waals surface area contributed by atoms with Gasteiger partial charge in [-0.25, -0.2) is 9.50 Å². The van der Waals surface area contributed by atoms with Gasteiger partial charge in [0, 0.05) is 30.8 Å². The first-order chi connectivity index (χ1) is 8.99. The van der Waals surface area contributed by atoms with E-state index in [0.717, 1.165) is 30.0 Å². The average Bonchev–Trinajstić information content (AvgIpc) is 2.79. The van der Waals surface area contributed by atoms with E-state index in [1.165, 1.54) is 0 Å². The minimum Gasteiger partial charge on any atom is -0.358 e. The molecule has 0 spiro atoms. The molecule has 0 fully saturated rings. The lowest BCUT2D eigenvalue weighted by molar-refractivity contribution is 0.770. The topological polar surface area (TPSA) is 33.4 Å². The molecule has 1 unspecified atom stereocenters. The van der Waals surface area contributed by atoms with Gasteiger partial charge in [-0.15, -0.1) is 0 Å². The Balaban J connectivity index is 2.32. The number of halogens is 1. The molecular weight excluding hydrogens is 304 g/mol. The number of aromatic nitrogens is 3. The number of hydrogen-bond acceptors (Lipinski definition) is 3. The normalized spacial score (nSPS) is 13.2. The van der Waals surface area contributed by atoms with Crippen molar-refractivity contribution in [3.63, 3.8) is 0 Å². The van der Waals surface area contributed by atoms with Crippen LogP contribution in [0.25, 0.3) is 5.52 Å². The predicted octanol–water partition coefficient (Wildman–Crippen LogP) is 3.46. The number of anilines is 1. The molecule has 0 bridgehead atoms. The van der Waals surface area contributed by atoms with Crippen LogP contribution in [0.15, 0.2) is 18.5 Å². The Bertz CT molecular complexity index is 547. The zero-order valence-electron chi connectivity index (χ0n) is 12.0. The Kier molecular flexibility index (Phi) is 4.45. The Hall–Kier alpha value is -1.10. The predicted molar refractivity (Wildman–Crippen MR) is 83.4 cm³/mol. The Labute approximate surface area is 123 Å². The Morgan fingerprint density at radius 1 is 1.37 bits per heavy atom. The fourth-order valence-electron chi connectivity index (χ4n) is 1.98. The standard InChI is InChI=1S/C14H21BrN4/c1-10(2)12-9-13-14(16-6-8-19(13)17-12)18(4)7-5-11(3)15/h6,8-11H,5,7H2,1-4H3. The van der Waals surface area contributed by atoms with Crippen LogP contribution >= 0.6 is 15.9 Å². The van der Waals surface area contributed by atoms with Gasteiger partial charge in [0.15, 0.2) is 5.82 Å². The lowest BCUT2D eigenvalue weighted by Gasteiger charge is -2.19. The highest BCUT2D eigenvalue weighted by Gasteiger charge is 2.13. The van der Waals surface area contributed by atoms with Gasteiger partial charge in [-0.2, -0.15) is 5.10 Å². The molecule has 19 heavy (non-hydrogen) atoms. The largest absolute Gasteiger partial charge is 0.358 e. The molecule has 0 aromatic carbocycles. The number of alkyl halides is 1. The molecule has 0 aliphatic rings. The van der Waals surface area contributed by atoms with Gasteiger partial charge in [0.05, 0.1) is 5.69 Å².